The molecule has 5 heteroatoms. The van der Waals surface area contributed by atoms with E-state index in [2.05, 4.69) is 69.7 Å². The summed E-state index contributed by atoms with van der Waals surface area (Å²) in [5, 5.41) is 4.25. The lowest BCUT2D eigenvalue weighted by atomic mass is 9.99. The van der Waals surface area contributed by atoms with E-state index in [0.717, 1.165) is 30.3 Å². The summed E-state index contributed by atoms with van der Waals surface area (Å²) in [5.74, 6) is 0.838. The van der Waals surface area contributed by atoms with Crippen LogP contribution in [0.3, 0.4) is 0 Å². The molecule has 0 bridgehead atoms. The summed E-state index contributed by atoms with van der Waals surface area (Å²) < 4.78 is 2.22. The molecule has 5 rings (SSSR count). The molecule has 5 heterocycles. The summed E-state index contributed by atoms with van der Waals surface area (Å²) in [6.07, 6.45) is 6.98. The molecule has 1 fully saturated rings. The van der Waals surface area contributed by atoms with E-state index >= 15 is 0 Å². The fraction of sp³-hybridized carbons (Fsp3) is 0.286. The molecule has 1 saturated heterocycles. The molecule has 3 nitrogen and oxygen atoms in total. The van der Waals surface area contributed by atoms with Gasteiger partial charge in [-0.15, -0.1) is 22.7 Å². The number of aromatic nitrogens is 2. The van der Waals surface area contributed by atoms with Crippen LogP contribution >= 0.6 is 22.7 Å². The van der Waals surface area contributed by atoms with Gasteiger partial charge in [-0.3, -0.25) is 0 Å². The molecule has 1 aliphatic rings. The zero-order valence-electron chi connectivity index (χ0n) is 14.8. The minimum atomic E-state index is 0.838. The van der Waals surface area contributed by atoms with Crippen molar-refractivity contribution in [2.75, 3.05) is 18.0 Å². The summed E-state index contributed by atoms with van der Waals surface area (Å²) in [6.45, 7) is 4.65. The molecule has 4 aromatic heterocycles. The summed E-state index contributed by atoms with van der Waals surface area (Å²) >= 11 is 3.53. The predicted octanol–water partition coefficient (Wildman–Crippen LogP) is 6.03. The average Bonchev–Trinajstić information content (AvgIpc) is 3.41. The first-order valence-corrected chi connectivity index (χ1v) is 10.9. The van der Waals surface area contributed by atoms with Crippen molar-refractivity contribution in [1.29, 1.82) is 0 Å². The minimum absolute atomic E-state index is 0.838. The highest BCUT2D eigenvalue weighted by atomic mass is 32.1. The quantitative estimate of drug-likeness (QED) is 0.433. The number of imidazole rings is 1. The lowest BCUT2D eigenvalue weighted by molar-refractivity contribution is 0.438. The molecule has 0 unspecified atom stereocenters. The number of pyridine rings is 1. The summed E-state index contributed by atoms with van der Waals surface area (Å²) in [7, 11) is 0. The van der Waals surface area contributed by atoms with Gasteiger partial charge in [-0.2, -0.15) is 0 Å². The van der Waals surface area contributed by atoms with Crippen LogP contribution in [0, 0.1) is 5.92 Å². The number of rotatable bonds is 3. The third-order valence-corrected chi connectivity index (χ3v) is 7.04. The van der Waals surface area contributed by atoms with E-state index in [-0.39, 0.29) is 0 Å². The van der Waals surface area contributed by atoms with Crippen molar-refractivity contribution in [3.8, 4) is 21.0 Å². The standard InChI is InChI=1S/C21H21N3S2/c1-15-6-8-23(9-7-15)16-12-17(19-4-2-10-25-19)21-22-18(14-24(21)13-16)20-5-3-11-26-20/h2-5,10-15H,6-9H2,1H3. The molecule has 0 aromatic carbocycles. The minimum Gasteiger partial charge on any atom is -0.370 e. The van der Waals surface area contributed by atoms with E-state index in [9.17, 15) is 0 Å². The molecular formula is C21H21N3S2. The first-order valence-electron chi connectivity index (χ1n) is 9.13. The molecule has 1 aliphatic heterocycles. The van der Waals surface area contributed by atoms with Gasteiger partial charge in [-0.25, -0.2) is 4.98 Å². The third-order valence-electron chi connectivity index (χ3n) is 5.25. The van der Waals surface area contributed by atoms with Crippen molar-refractivity contribution < 1.29 is 0 Å². The Hall–Kier alpha value is -2.11. The fourth-order valence-electron chi connectivity index (χ4n) is 3.68. The van der Waals surface area contributed by atoms with E-state index < -0.39 is 0 Å². The van der Waals surface area contributed by atoms with Crippen LogP contribution in [0.1, 0.15) is 19.8 Å². The van der Waals surface area contributed by atoms with Gasteiger partial charge in [0.05, 0.1) is 16.3 Å². The fourth-order valence-corrected chi connectivity index (χ4v) is 5.10. The normalized spacial score (nSPS) is 15.8. The number of fused-ring (bicyclic) bond motifs is 1. The highest BCUT2D eigenvalue weighted by Gasteiger charge is 2.19. The van der Waals surface area contributed by atoms with Crippen LogP contribution < -0.4 is 4.90 Å². The Balaban J connectivity index is 1.65. The second kappa shape index (κ2) is 6.56. The largest absolute Gasteiger partial charge is 0.370 e. The number of hydrogen-bond donors (Lipinski definition) is 0. The maximum Gasteiger partial charge on any atom is 0.146 e. The maximum absolute atomic E-state index is 4.97. The predicted molar refractivity (Wildman–Crippen MR) is 112 cm³/mol. The van der Waals surface area contributed by atoms with Crippen molar-refractivity contribution in [3.63, 3.8) is 0 Å². The Morgan fingerprint density at radius 3 is 2.42 bits per heavy atom. The Morgan fingerprint density at radius 1 is 1.00 bits per heavy atom. The Morgan fingerprint density at radius 2 is 1.73 bits per heavy atom. The van der Waals surface area contributed by atoms with Gasteiger partial charge >= 0.3 is 0 Å². The smallest absolute Gasteiger partial charge is 0.146 e. The van der Waals surface area contributed by atoms with Crippen molar-refractivity contribution in [2.45, 2.75) is 19.8 Å². The van der Waals surface area contributed by atoms with Crippen LogP contribution in [0.15, 0.2) is 53.5 Å². The van der Waals surface area contributed by atoms with Gasteiger partial charge in [-0.05, 0) is 47.7 Å². The second-order valence-electron chi connectivity index (χ2n) is 7.09. The van der Waals surface area contributed by atoms with Crippen molar-refractivity contribution in [1.82, 2.24) is 9.38 Å². The molecule has 26 heavy (non-hydrogen) atoms. The number of nitrogens with zero attached hydrogens (tertiary/aromatic N) is 3. The van der Waals surface area contributed by atoms with Crippen molar-refractivity contribution in [2.24, 2.45) is 5.92 Å². The van der Waals surface area contributed by atoms with Gasteiger partial charge in [-0.1, -0.05) is 19.1 Å². The number of piperidine rings is 1. The van der Waals surface area contributed by atoms with E-state index in [0.29, 0.717) is 0 Å². The molecular weight excluding hydrogens is 358 g/mol. The lowest BCUT2D eigenvalue weighted by Crippen LogP contribution is -2.32. The Labute approximate surface area is 161 Å². The van der Waals surface area contributed by atoms with Crippen LogP contribution in [-0.4, -0.2) is 22.5 Å². The molecule has 0 saturated carbocycles. The van der Waals surface area contributed by atoms with Gasteiger partial charge in [0.2, 0.25) is 0 Å². The van der Waals surface area contributed by atoms with Gasteiger partial charge in [0.1, 0.15) is 5.65 Å². The van der Waals surface area contributed by atoms with Crippen LogP contribution in [0.5, 0.6) is 0 Å². The monoisotopic (exact) mass is 379 g/mol. The van der Waals surface area contributed by atoms with Crippen LogP contribution in [-0.2, 0) is 0 Å². The van der Waals surface area contributed by atoms with Crippen molar-refractivity contribution >= 4 is 34.0 Å². The highest BCUT2D eigenvalue weighted by molar-refractivity contribution is 7.13. The van der Waals surface area contributed by atoms with E-state index in [1.54, 1.807) is 22.7 Å². The van der Waals surface area contributed by atoms with Crippen LogP contribution in [0.2, 0.25) is 0 Å². The molecule has 0 N–H and O–H groups in total. The summed E-state index contributed by atoms with van der Waals surface area (Å²) in [4.78, 5) is 10.0. The average molecular weight is 380 g/mol. The molecule has 0 amide bonds. The lowest BCUT2D eigenvalue weighted by Gasteiger charge is -2.32. The van der Waals surface area contributed by atoms with Crippen molar-refractivity contribution in [3.05, 3.63) is 53.5 Å². The van der Waals surface area contributed by atoms with Crippen LogP contribution in [0.25, 0.3) is 26.7 Å². The SMILES string of the molecule is CC1CCN(c2cc(-c3cccs3)c3nc(-c4cccs4)cn3c2)CC1. The first-order chi connectivity index (χ1) is 12.8. The van der Waals surface area contributed by atoms with Gasteiger partial charge in [0.15, 0.2) is 0 Å². The number of anilines is 1. The maximum atomic E-state index is 4.97. The second-order valence-corrected chi connectivity index (χ2v) is 8.99. The van der Waals surface area contributed by atoms with E-state index in [1.165, 1.54) is 33.8 Å². The number of hydrogen-bond acceptors (Lipinski definition) is 4. The highest BCUT2D eigenvalue weighted by Crippen LogP contribution is 2.35. The van der Waals surface area contributed by atoms with Gasteiger partial charge < -0.3 is 9.30 Å². The Bertz CT molecular complexity index is 1010. The van der Waals surface area contributed by atoms with Gasteiger partial charge in [0, 0.05) is 35.9 Å². The van der Waals surface area contributed by atoms with Gasteiger partial charge in [0.25, 0.3) is 0 Å². The first kappa shape index (κ1) is 16.1. The zero-order chi connectivity index (χ0) is 17.5. The molecule has 0 aliphatic carbocycles. The zero-order valence-corrected chi connectivity index (χ0v) is 16.4. The molecule has 4 aromatic rings. The molecule has 132 valence electrons. The Kier molecular flexibility index (Phi) is 4.06. The van der Waals surface area contributed by atoms with E-state index in [1.807, 2.05) is 0 Å². The van der Waals surface area contributed by atoms with E-state index in [4.69, 9.17) is 4.98 Å². The number of thiophene rings is 2. The summed E-state index contributed by atoms with van der Waals surface area (Å²) in [5.41, 5.74) is 4.65. The summed E-state index contributed by atoms with van der Waals surface area (Å²) in [6, 6.07) is 10.9. The topological polar surface area (TPSA) is 20.5 Å². The van der Waals surface area contributed by atoms with Crippen LogP contribution in [0.4, 0.5) is 5.69 Å². The third kappa shape index (κ3) is 2.85. The molecule has 0 radical (unpaired) electrons. The molecule has 0 atom stereocenters. The molecule has 0 spiro atoms.